The van der Waals surface area contributed by atoms with Crippen molar-refractivity contribution in [2.75, 3.05) is 27.2 Å². The predicted molar refractivity (Wildman–Crippen MR) is 58.0 cm³/mol. The van der Waals surface area contributed by atoms with Crippen molar-refractivity contribution in [3.05, 3.63) is 0 Å². The van der Waals surface area contributed by atoms with E-state index in [0.717, 1.165) is 12.0 Å². The number of nitrogens with one attached hydrogen (secondary N) is 1. The number of rotatable bonds is 4. The highest BCUT2D eigenvalue weighted by Crippen LogP contribution is 2.22. The quantitative estimate of drug-likeness (QED) is 0.715. The van der Waals surface area contributed by atoms with Gasteiger partial charge < -0.3 is 10.2 Å². The number of nitrogens with zero attached hydrogens (tertiary/aromatic N) is 1. The zero-order valence-electron chi connectivity index (χ0n) is 9.34. The largest absolute Gasteiger partial charge is 0.317 e. The lowest BCUT2D eigenvalue weighted by Gasteiger charge is -2.35. The van der Waals surface area contributed by atoms with Crippen LogP contribution in [0.1, 0.15) is 32.6 Å². The van der Waals surface area contributed by atoms with Crippen molar-refractivity contribution in [1.82, 2.24) is 10.2 Å². The first-order chi connectivity index (χ1) is 6.25. The average Bonchev–Trinajstić information content (AvgIpc) is 2.15. The van der Waals surface area contributed by atoms with E-state index in [1.54, 1.807) is 0 Å². The topological polar surface area (TPSA) is 15.3 Å². The molecule has 0 aromatic rings. The molecule has 1 unspecified atom stereocenters. The van der Waals surface area contributed by atoms with Gasteiger partial charge >= 0.3 is 0 Å². The highest BCUT2D eigenvalue weighted by Gasteiger charge is 2.23. The van der Waals surface area contributed by atoms with Crippen molar-refractivity contribution in [3.63, 3.8) is 0 Å². The fourth-order valence-corrected chi connectivity index (χ4v) is 2.44. The zero-order chi connectivity index (χ0) is 9.68. The van der Waals surface area contributed by atoms with Gasteiger partial charge in [-0.3, -0.25) is 0 Å². The summed E-state index contributed by atoms with van der Waals surface area (Å²) in [6.07, 6.45) is 5.40. The van der Waals surface area contributed by atoms with Gasteiger partial charge in [0, 0.05) is 6.04 Å². The van der Waals surface area contributed by atoms with Gasteiger partial charge in [-0.15, -0.1) is 0 Å². The Kier molecular flexibility index (Phi) is 4.74. The summed E-state index contributed by atoms with van der Waals surface area (Å²) in [7, 11) is 4.45. The molecule has 0 amide bonds. The van der Waals surface area contributed by atoms with Crippen LogP contribution in [0.15, 0.2) is 0 Å². The number of hydrogen-bond donors (Lipinski definition) is 1. The molecule has 0 bridgehead atoms. The van der Waals surface area contributed by atoms with Crippen LogP contribution in [0.5, 0.6) is 0 Å². The van der Waals surface area contributed by atoms with Gasteiger partial charge in [-0.2, -0.15) is 0 Å². The number of piperidine rings is 1. The summed E-state index contributed by atoms with van der Waals surface area (Å²) >= 11 is 0. The lowest BCUT2D eigenvalue weighted by molar-refractivity contribution is 0.165. The van der Waals surface area contributed by atoms with Crippen LogP contribution in [-0.2, 0) is 0 Å². The smallest absolute Gasteiger partial charge is 0.0118 e. The summed E-state index contributed by atoms with van der Waals surface area (Å²) in [5, 5.41) is 3.43. The highest BCUT2D eigenvalue weighted by molar-refractivity contribution is 4.80. The summed E-state index contributed by atoms with van der Waals surface area (Å²) in [4.78, 5) is 2.42. The fourth-order valence-electron chi connectivity index (χ4n) is 2.44. The van der Waals surface area contributed by atoms with Crippen LogP contribution in [0.4, 0.5) is 0 Å². The molecule has 0 aliphatic carbocycles. The molecule has 1 N–H and O–H groups in total. The van der Waals surface area contributed by atoms with Gasteiger partial charge in [-0.05, 0) is 52.4 Å². The molecule has 1 aliphatic heterocycles. The standard InChI is InChI=1S/C11H24N2/c1-4-5-11(13(2)3)10-6-8-12-9-7-10/h10-12H,4-9H2,1-3H3. The lowest BCUT2D eigenvalue weighted by Crippen LogP contribution is -2.41. The molecule has 78 valence electrons. The van der Waals surface area contributed by atoms with E-state index in [-0.39, 0.29) is 0 Å². The van der Waals surface area contributed by atoms with E-state index in [0.29, 0.717) is 0 Å². The van der Waals surface area contributed by atoms with Crippen molar-refractivity contribution in [3.8, 4) is 0 Å². The van der Waals surface area contributed by atoms with Gasteiger partial charge in [0.2, 0.25) is 0 Å². The molecule has 0 aromatic carbocycles. The molecule has 1 atom stereocenters. The zero-order valence-corrected chi connectivity index (χ0v) is 9.34. The molecule has 0 saturated carbocycles. The van der Waals surface area contributed by atoms with Crippen molar-refractivity contribution in [1.29, 1.82) is 0 Å². The SMILES string of the molecule is CCCC(C1CCNCC1)N(C)C. The Morgan fingerprint density at radius 3 is 2.38 bits per heavy atom. The third-order valence-corrected chi connectivity index (χ3v) is 3.18. The molecular weight excluding hydrogens is 160 g/mol. The Balaban J connectivity index is 2.41. The second-order valence-electron chi connectivity index (χ2n) is 4.41. The van der Waals surface area contributed by atoms with Crippen LogP contribution >= 0.6 is 0 Å². The summed E-state index contributed by atoms with van der Waals surface area (Å²) < 4.78 is 0. The molecule has 1 heterocycles. The third kappa shape index (κ3) is 3.28. The molecule has 0 aromatic heterocycles. The van der Waals surface area contributed by atoms with Gasteiger partial charge in [0.25, 0.3) is 0 Å². The van der Waals surface area contributed by atoms with Gasteiger partial charge in [0.15, 0.2) is 0 Å². The fraction of sp³-hybridized carbons (Fsp3) is 1.00. The van der Waals surface area contributed by atoms with E-state index in [2.05, 4.69) is 31.2 Å². The third-order valence-electron chi connectivity index (χ3n) is 3.18. The predicted octanol–water partition coefficient (Wildman–Crippen LogP) is 1.72. The van der Waals surface area contributed by atoms with Gasteiger partial charge in [0.1, 0.15) is 0 Å². The monoisotopic (exact) mass is 184 g/mol. The summed E-state index contributed by atoms with van der Waals surface area (Å²) in [5.41, 5.74) is 0. The minimum Gasteiger partial charge on any atom is -0.317 e. The van der Waals surface area contributed by atoms with E-state index >= 15 is 0 Å². The lowest BCUT2D eigenvalue weighted by atomic mass is 9.87. The maximum atomic E-state index is 3.43. The van der Waals surface area contributed by atoms with Crippen molar-refractivity contribution in [2.45, 2.75) is 38.6 Å². The second kappa shape index (κ2) is 5.61. The molecule has 0 spiro atoms. The first-order valence-corrected chi connectivity index (χ1v) is 5.62. The van der Waals surface area contributed by atoms with Crippen LogP contribution in [0.3, 0.4) is 0 Å². The first-order valence-electron chi connectivity index (χ1n) is 5.62. The minimum absolute atomic E-state index is 0.812. The Bertz CT molecular complexity index is 128. The van der Waals surface area contributed by atoms with E-state index in [1.807, 2.05) is 0 Å². The van der Waals surface area contributed by atoms with Crippen LogP contribution in [-0.4, -0.2) is 38.1 Å². The minimum atomic E-state index is 0.812. The van der Waals surface area contributed by atoms with Crippen molar-refractivity contribution in [2.24, 2.45) is 5.92 Å². The molecule has 1 fully saturated rings. The van der Waals surface area contributed by atoms with Crippen molar-refractivity contribution >= 4 is 0 Å². The van der Waals surface area contributed by atoms with Crippen molar-refractivity contribution < 1.29 is 0 Å². The molecule has 1 saturated heterocycles. The van der Waals surface area contributed by atoms with E-state index in [4.69, 9.17) is 0 Å². The van der Waals surface area contributed by atoms with Gasteiger partial charge in [0.05, 0.1) is 0 Å². The molecule has 2 nitrogen and oxygen atoms in total. The molecule has 2 heteroatoms. The van der Waals surface area contributed by atoms with Gasteiger partial charge in [-0.1, -0.05) is 13.3 Å². The summed E-state index contributed by atoms with van der Waals surface area (Å²) in [5.74, 6) is 0.927. The number of hydrogen-bond acceptors (Lipinski definition) is 2. The molecular formula is C11H24N2. The molecule has 1 aliphatic rings. The first kappa shape index (κ1) is 11.0. The van der Waals surface area contributed by atoms with E-state index in [1.165, 1.54) is 38.8 Å². The Morgan fingerprint density at radius 2 is 1.92 bits per heavy atom. The summed E-state index contributed by atoms with van der Waals surface area (Å²) in [6, 6.07) is 0.812. The second-order valence-corrected chi connectivity index (χ2v) is 4.41. The van der Waals surface area contributed by atoms with Crippen LogP contribution < -0.4 is 5.32 Å². The van der Waals surface area contributed by atoms with Gasteiger partial charge in [-0.25, -0.2) is 0 Å². The molecule has 1 rings (SSSR count). The maximum Gasteiger partial charge on any atom is 0.0118 e. The Labute approximate surface area is 82.7 Å². The normalized spacial score (nSPS) is 22.2. The molecule has 0 radical (unpaired) electrons. The Morgan fingerprint density at radius 1 is 1.31 bits per heavy atom. The van der Waals surface area contributed by atoms with E-state index < -0.39 is 0 Å². The highest BCUT2D eigenvalue weighted by atomic mass is 15.1. The van der Waals surface area contributed by atoms with Crippen LogP contribution in [0.2, 0.25) is 0 Å². The van der Waals surface area contributed by atoms with Crippen LogP contribution in [0, 0.1) is 5.92 Å². The van der Waals surface area contributed by atoms with Crippen LogP contribution in [0.25, 0.3) is 0 Å². The molecule has 13 heavy (non-hydrogen) atoms. The van der Waals surface area contributed by atoms with E-state index in [9.17, 15) is 0 Å². The Hall–Kier alpha value is -0.0800. The summed E-state index contributed by atoms with van der Waals surface area (Å²) in [6.45, 7) is 4.73. The average molecular weight is 184 g/mol. The maximum absolute atomic E-state index is 3.43.